The van der Waals surface area contributed by atoms with Gasteiger partial charge in [-0.3, -0.25) is 0 Å². The SMILES string of the molecule is CCC1CCCN1c1nc2ccccc2cc1CC(C)N. The molecule has 2 unspecified atom stereocenters. The van der Waals surface area contributed by atoms with Gasteiger partial charge < -0.3 is 10.6 Å². The number of anilines is 1. The van der Waals surface area contributed by atoms with Gasteiger partial charge >= 0.3 is 0 Å². The molecule has 0 amide bonds. The predicted octanol–water partition coefficient (Wildman–Crippen LogP) is 3.50. The summed E-state index contributed by atoms with van der Waals surface area (Å²) in [5, 5.41) is 1.21. The number of benzene rings is 1. The topological polar surface area (TPSA) is 42.2 Å². The van der Waals surface area contributed by atoms with Crippen molar-refractivity contribution in [3.63, 3.8) is 0 Å². The minimum absolute atomic E-state index is 0.161. The number of nitrogens with two attached hydrogens (primary N) is 1. The maximum atomic E-state index is 6.06. The van der Waals surface area contributed by atoms with Gasteiger partial charge in [-0.25, -0.2) is 4.98 Å². The number of pyridine rings is 1. The first-order valence-electron chi connectivity index (χ1n) is 8.10. The molecule has 112 valence electrons. The Labute approximate surface area is 127 Å². The molecule has 1 saturated heterocycles. The minimum Gasteiger partial charge on any atom is -0.353 e. The Hall–Kier alpha value is -1.61. The molecule has 2 atom stereocenters. The molecular weight excluding hydrogens is 258 g/mol. The molecule has 1 aromatic carbocycles. The highest BCUT2D eigenvalue weighted by molar-refractivity contribution is 5.82. The molecule has 2 heterocycles. The number of hydrogen-bond donors (Lipinski definition) is 1. The molecule has 1 aromatic heterocycles. The van der Waals surface area contributed by atoms with E-state index in [0.29, 0.717) is 6.04 Å². The highest BCUT2D eigenvalue weighted by Gasteiger charge is 2.26. The Morgan fingerprint density at radius 2 is 2.19 bits per heavy atom. The van der Waals surface area contributed by atoms with Gasteiger partial charge in [0.05, 0.1) is 5.52 Å². The Morgan fingerprint density at radius 1 is 1.38 bits per heavy atom. The van der Waals surface area contributed by atoms with Crippen LogP contribution in [-0.4, -0.2) is 23.6 Å². The molecule has 0 aliphatic carbocycles. The summed E-state index contributed by atoms with van der Waals surface area (Å²) < 4.78 is 0. The first kappa shape index (κ1) is 14.3. The quantitative estimate of drug-likeness (QED) is 0.933. The third-order valence-electron chi connectivity index (χ3n) is 4.44. The van der Waals surface area contributed by atoms with E-state index in [4.69, 9.17) is 10.7 Å². The summed E-state index contributed by atoms with van der Waals surface area (Å²) in [6.45, 7) is 5.46. The largest absolute Gasteiger partial charge is 0.353 e. The number of aromatic nitrogens is 1. The Bertz CT molecular complexity index is 621. The van der Waals surface area contributed by atoms with Crippen LogP contribution in [0.2, 0.25) is 0 Å². The molecule has 1 aliphatic heterocycles. The molecule has 0 radical (unpaired) electrons. The van der Waals surface area contributed by atoms with Crippen molar-refractivity contribution in [1.29, 1.82) is 0 Å². The van der Waals surface area contributed by atoms with Crippen LogP contribution in [0.25, 0.3) is 10.9 Å². The summed E-state index contributed by atoms with van der Waals surface area (Å²) in [6, 6.07) is 11.4. The van der Waals surface area contributed by atoms with Crippen LogP contribution >= 0.6 is 0 Å². The summed E-state index contributed by atoms with van der Waals surface area (Å²) in [4.78, 5) is 7.48. The number of fused-ring (bicyclic) bond motifs is 1. The fraction of sp³-hybridized carbons (Fsp3) is 0.500. The van der Waals surface area contributed by atoms with Crippen molar-refractivity contribution in [2.75, 3.05) is 11.4 Å². The van der Waals surface area contributed by atoms with Gasteiger partial charge in [0.15, 0.2) is 0 Å². The van der Waals surface area contributed by atoms with Gasteiger partial charge in [-0.05, 0) is 50.3 Å². The van der Waals surface area contributed by atoms with Crippen LogP contribution < -0.4 is 10.6 Å². The zero-order valence-corrected chi connectivity index (χ0v) is 13.0. The third kappa shape index (κ3) is 2.88. The van der Waals surface area contributed by atoms with Crippen LogP contribution in [-0.2, 0) is 6.42 Å². The third-order valence-corrected chi connectivity index (χ3v) is 4.44. The van der Waals surface area contributed by atoms with Crippen molar-refractivity contribution in [3.05, 3.63) is 35.9 Å². The standard InChI is InChI=1S/C18H25N3/c1-3-16-8-6-10-21(16)18-15(11-13(2)19)12-14-7-4-5-9-17(14)20-18/h4-5,7,9,12-13,16H,3,6,8,10-11,19H2,1-2H3. The molecule has 2 N–H and O–H groups in total. The number of rotatable bonds is 4. The molecule has 21 heavy (non-hydrogen) atoms. The van der Waals surface area contributed by atoms with E-state index in [0.717, 1.165) is 24.3 Å². The summed E-state index contributed by atoms with van der Waals surface area (Å²) in [5.41, 5.74) is 8.44. The van der Waals surface area contributed by atoms with Gasteiger partial charge in [0.1, 0.15) is 5.82 Å². The van der Waals surface area contributed by atoms with Crippen molar-refractivity contribution >= 4 is 16.7 Å². The highest BCUT2D eigenvalue weighted by atomic mass is 15.2. The van der Waals surface area contributed by atoms with Crippen molar-refractivity contribution in [1.82, 2.24) is 4.98 Å². The second-order valence-electron chi connectivity index (χ2n) is 6.24. The lowest BCUT2D eigenvalue weighted by Crippen LogP contribution is -2.31. The monoisotopic (exact) mass is 283 g/mol. The number of para-hydroxylation sites is 1. The van der Waals surface area contributed by atoms with Gasteiger partial charge in [-0.15, -0.1) is 0 Å². The van der Waals surface area contributed by atoms with E-state index >= 15 is 0 Å². The van der Waals surface area contributed by atoms with Crippen LogP contribution in [0.3, 0.4) is 0 Å². The Morgan fingerprint density at radius 3 is 2.95 bits per heavy atom. The average Bonchev–Trinajstić information content (AvgIpc) is 2.94. The van der Waals surface area contributed by atoms with Crippen molar-refractivity contribution in [3.8, 4) is 0 Å². The molecular formula is C18H25N3. The molecule has 3 heteroatoms. The van der Waals surface area contributed by atoms with E-state index in [2.05, 4.69) is 49.1 Å². The number of hydrogen-bond acceptors (Lipinski definition) is 3. The maximum absolute atomic E-state index is 6.06. The fourth-order valence-electron chi connectivity index (χ4n) is 3.43. The van der Waals surface area contributed by atoms with Gasteiger partial charge in [0, 0.05) is 24.0 Å². The fourth-order valence-corrected chi connectivity index (χ4v) is 3.43. The number of nitrogens with zero attached hydrogens (tertiary/aromatic N) is 2. The zero-order chi connectivity index (χ0) is 14.8. The van der Waals surface area contributed by atoms with Crippen molar-refractivity contribution in [2.24, 2.45) is 5.73 Å². The van der Waals surface area contributed by atoms with Gasteiger partial charge in [-0.2, -0.15) is 0 Å². The zero-order valence-electron chi connectivity index (χ0n) is 13.0. The van der Waals surface area contributed by atoms with E-state index in [1.807, 2.05) is 0 Å². The lowest BCUT2D eigenvalue weighted by molar-refractivity contribution is 0.636. The van der Waals surface area contributed by atoms with Gasteiger partial charge in [0.2, 0.25) is 0 Å². The second kappa shape index (κ2) is 6.02. The van der Waals surface area contributed by atoms with Crippen LogP contribution in [0.4, 0.5) is 5.82 Å². The van der Waals surface area contributed by atoms with Crippen LogP contribution in [0, 0.1) is 0 Å². The summed E-state index contributed by atoms with van der Waals surface area (Å²) >= 11 is 0. The molecule has 0 bridgehead atoms. The minimum atomic E-state index is 0.161. The summed E-state index contributed by atoms with van der Waals surface area (Å²) in [7, 11) is 0. The first-order valence-corrected chi connectivity index (χ1v) is 8.10. The van der Waals surface area contributed by atoms with Gasteiger partial charge in [0.25, 0.3) is 0 Å². The first-order chi connectivity index (χ1) is 10.2. The lowest BCUT2D eigenvalue weighted by atomic mass is 10.0. The van der Waals surface area contributed by atoms with Crippen LogP contribution in [0.15, 0.2) is 30.3 Å². The van der Waals surface area contributed by atoms with E-state index < -0.39 is 0 Å². The Kier molecular flexibility index (Phi) is 4.11. The van der Waals surface area contributed by atoms with Crippen molar-refractivity contribution in [2.45, 2.75) is 51.6 Å². The van der Waals surface area contributed by atoms with E-state index in [9.17, 15) is 0 Å². The van der Waals surface area contributed by atoms with E-state index in [1.54, 1.807) is 0 Å². The summed E-state index contributed by atoms with van der Waals surface area (Å²) in [5.74, 6) is 1.16. The normalized spacial score (nSPS) is 20.1. The highest BCUT2D eigenvalue weighted by Crippen LogP contribution is 2.31. The molecule has 3 nitrogen and oxygen atoms in total. The van der Waals surface area contributed by atoms with Crippen LogP contribution in [0.1, 0.15) is 38.7 Å². The van der Waals surface area contributed by atoms with E-state index in [-0.39, 0.29) is 6.04 Å². The average molecular weight is 283 g/mol. The maximum Gasteiger partial charge on any atom is 0.132 e. The molecule has 2 aromatic rings. The van der Waals surface area contributed by atoms with Crippen molar-refractivity contribution < 1.29 is 0 Å². The molecule has 0 spiro atoms. The van der Waals surface area contributed by atoms with Gasteiger partial charge in [-0.1, -0.05) is 25.1 Å². The molecule has 0 saturated carbocycles. The molecule has 3 rings (SSSR count). The van der Waals surface area contributed by atoms with Crippen LogP contribution in [0.5, 0.6) is 0 Å². The second-order valence-corrected chi connectivity index (χ2v) is 6.24. The predicted molar refractivity (Wildman–Crippen MR) is 89.8 cm³/mol. The summed E-state index contributed by atoms with van der Waals surface area (Å²) in [6.07, 6.45) is 4.62. The smallest absolute Gasteiger partial charge is 0.132 e. The van der Waals surface area contributed by atoms with E-state index in [1.165, 1.54) is 30.2 Å². The lowest BCUT2D eigenvalue weighted by Gasteiger charge is -2.28. The molecule has 1 fully saturated rings. The Balaban J connectivity index is 2.09. The molecule has 1 aliphatic rings.